The molecule has 0 radical (unpaired) electrons. The van der Waals surface area contributed by atoms with Gasteiger partial charge in [-0.15, -0.1) is 0 Å². The molecular formula is C9H8Br2O. The van der Waals surface area contributed by atoms with Gasteiger partial charge in [0.15, 0.2) is 0 Å². The van der Waals surface area contributed by atoms with E-state index in [1.807, 2.05) is 0 Å². The Bertz CT molecular complexity index is 315. The van der Waals surface area contributed by atoms with Crippen LogP contribution in [-0.4, -0.2) is 19.9 Å². The molecule has 0 aromatic rings. The molecule has 1 nitrogen and oxygen atoms in total. The van der Waals surface area contributed by atoms with Gasteiger partial charge in [0.05, 0.1) is 10.4 Å². The van der Waals surface area contributed by atoms with Crippen LogP contribution in [0, 0.1) is 35.5 Å². The highest BCUT2D eigenvalue weighted by Crippen LogP contribution is 3.00. The third-order valence-corrected chi connectivity index (χ3v) is 8.86. The summed E-state index contributed by atoms with van der Waals surface area (Å²) in [7, 11) is 0. The maximum absolute atomic E-state index is 10.0. The predicted octanol–water partition coefficient (Wildman–Crippen LogP) is 1.38. The zero-order valence-electron chi connectivity index (χ0n) is 6.24. The van der Waals surface area contributed by atoms with Crippen molar-refractivity contribution < 1.29 is 5.11 Å². The Morgan fingerprint density at radius 2 is 1.33 bits per heavy atom. The normalized spacial score (nSPS) is 95.8. The Labute approximate surface area is 87.2 Å². The van der Waals surface area contributed by atoms with Gasteiger partial charge in [0.2, 0.25) is 0 Å². The molecule has 6 rings (SSSR count). The van der Waals surface area contributed by atoms with E-state index in [1.165, 1.54) is 0 Å². The van der Waals surface area contributed by atoms with Gasteiger partial charge in [0, 0.05) is 4.32 Å². The van der Waals surface area contributed by atoms with E-state index < -0.39 is 0 Å². The van der Waals surface area contributed by atoms with Crippen molar-refractivity contribution >= 4 is 31.9 Å². The van der Waals surface area contributed by atoms with Crippen LogP contribution in [0.4, 0.5) is 0 Å². The smallest absolute Gasteiger partial charge is 0.0733 e. The van der Waals surface area contributed by atoms with Gasteiger partial charge in [-0.2, -0.15) is 0 Å². The van der Waals surface area contributed by atoms with Crippen LogP contribution in [0.3, 0.4) is 0 Å². The summed E-state index contributed by atoms with van der Waals surface area (Å²) in [5.41, 5.74) is 0. The number of hydrogen-bond acceptors (Lipinski definition) is 1. The third kappa shape index (κ3) is 0.255. The van der Waals surface area contributed by atoms with Gasteiger partial charge in [0.1, 0.15) is 0 Å². The standard InChI is InChI=1S/C9H8Br2O/c10-8-2-1-3(8)5-6(8)4(2)9(5,11)7(1)12/h1-7,12H/t1?,2-,3+,4-,5-,6?,7-,8?,9?/m1/s1. The monoisotopic (exact) mass is 290 g/mol. The summed E-state index contributed by atoms with van der Waals surface area (Å²) in [5.74, 6) is 4.89. The van der Waals surface area contributed by atoms with Crippen molar-refractivity contribution in [2.45, 2.75) is 14.8 Å². The van der Waals surface area contributed by atoms with E-state index in [0.717, 1.165) is 29.6 Å². The molecule has 0 heterocycles. The average Bonchev–Trinajstić information content (AvgIpc) is 2.21. The van der Waals surface area contributed by atoms with E-state index in [9.17, 15) is 5.11 Å². The fraction of sp³-hybridized carbons (Fsp3) is 1.00. The zero-order chi connectivity index (χ0) is 8.04. The van der Waals surface area contributed by atoms with E-state index in [0.29, 0.717) is 10.2 Å². The van der Waals surface area contributed by atoms with Gasteiger partial charge < -0.3 is 5.11 Å². The molecule has 6 fully saturated rings. The van der Waals surface area contributed by atoms with Gasteiger partial charge in [0.25, 0.3) is 0 Å². The molecule has 0 spiro atoms. The van der Waals surface area contributed by atoms with E-state index in [1.54, 1.807) is 0 Å². The predicted molar refractivity (Wildman–Crippen MR) is 50.3 cm³/mol. The molecule has 12 heavy (non-hydrogen) atoms. The number of aliphatic hydroxyl groups is 1. The van der Waals surface area contributed by atoms with Crippen LogP contribution in [0.2, 0.25) is 0 Å². The van der Waals surface area contributed by atoms with Crippen LogP contribution in [0.15, 0.2) is 0 Å². The minimum absolute atomic E-state index is 0.0214. The van der Waals surface area contributed by atoms with Gasteiger partial charge in [-0.3, -0.25) is 0 Å². The Kier molecular flexibility index (Phi) is 0.660. The molecule has 6 aliphatic carbocycles. The first kappa shape index (κ1) is 6.41. The fourth-order valence-electron chi connectivity index (χ4n) is 5.66. The lowest BCUT2D eigenvalue weighted by Crippen LogP contribution is -2.93. The number of alkyl halides is 2. The molecule has 2 bridgehead atoms. The Hall–Kier alpha value is 0.920. The van der Waals surface area contributed by atoms with Crippen molar-refractivity contribution in [3.8, 4) is 0 Å². The zero-order valence-corrected chi connectivity index (χ0v) is 9.42. The lowest BCUT2D eigenvalue weighted by molar-refractivity contribution is -0.337. The summed E-state index contributed by atoms with van der Waals surface area (Å²) in [6, 6.07) is 0. The highest BCUT2D eigenvalue weighted by Gasteiger charge is 3.04. The van der Waals surface area contributed by atoms with Gasteiger partial charge in [-0.25, -0.2) is 0 Å². The summed E-state index contributed by atoms with van der Waals surface area (Å²) in [4.78, 5) is 0. The first-order chi connectivity index (χ1) is 5.64. The second-order valence-electron chi connectivity index (χ2n) is 5.31. The molecule has 6 saturated carbocycles. The van der Waals surface area contributed by atoms with Crippen molar-refractivity contribution in [3.05, 3.63) is 0 Å². The van der Waals surface area contributed by atoms with Crippen molar-refractivity contribution in [1.82, 2.24) is 0 Å². The minimum atomic E-state index is -0.0214. The molecule has 0 aromatic carbocycles. The third-order valence-electron chi connectivity index (χ3n) is 5.75. The molecule has 0 saturated heterocycles. The average molecular weight is 292 g/mol. The largest absolute Gasteiger partial charge is 0.391 e. The van der Waals surface area contributed by atoms with E-state index in [-0.39, 0.29) is 10.4 Å². The molecule has 0 aliphatic heterocycles. The summed E-state index contributed by atoms with van der Waals surface area (Å²) >= 11 is 7.70. The molecule has 9 atom stereocenters. The molecule has 0 aromatic heterocycles. The molecule has 6 aliphatic rings. The van der Waals surface area contributed by atoms with Crippen LogP contribution >= 0.6 is 31.9 Å². The molecular weight excluding hydrogens is 284 g/mol. The molecule has 1 N–H and O–H groups in total. The first-order valence-electron chi connectivity index (χ1n) is 4.70. The van der Waals surface area contributed by atoms with Gasteiger partial charge >= 0.3 is 0 Å². The Morgan fingerprint density at radius 1 is 0.833 bits per heavy atom. The molecule has 64 valence electrons. The number of halogens is 2. The highest BCUT2D eigenvalue weighted by molar-refractivity contribution is 9.10. The summed E-state index contributed by atoms with van der Waals surface area (Å²) in [5, 5.41) is 10.0. The number of aliphatic hydroxyl groups excluding tert-OH is 1. The summed E-state index contributed by atoms with van der Waals surface area (Å²) < 4.78 is 0.717. The topological polar surface area (TPSA) is 20.2 Å². The number of hydrogen-bond donors (Lipinski definition) is 1. The first-order valence-corrected chi connectivity index (χ1v) is 6.29. The van der Waals surface area contributed by atoms with Crippen LogP contribution < -0.4 is 0 Å². The van der Waals surface area contributed by atoms with Crippen LogP contribution in [0.5, 0.6) is 0 Å². The maximum atomic E-state index is 10.0. The van der Waals surface area contributed by atoms with Gasteiger partial charge in [-0.05, 0) is 35.5 Å². The van der Waals surface area contributed by atoms with Gasteiger partial charge in [-0.1, -0.05) is 31.9 Å². The van der Waals surface area contributed by atoms with E-state index in [2.05, 4.69) is 31.9 Å². The molecule has 3 heteroatoms. The van der Waals surface area contributed by atoms with Crippen LogP contribution in [0.1, 0.15) is 0 Å². The van der Waals surface area contributed by atoms with Crippen LogP contribution in [0.25, 0.3) is 0 Å². The van der Waals surface area contributed by atoms with Crippen molar-refractivity contribution in [2.24, 2.45) is 35.5 Å². The summed E-state index contributed by atoms with van der Waals surface area (Å²) in [6.45, 7) is 0. The Morgan fingerprint density at radius 3 is 1.75 bits per heavy atom. The quantitative estimate of drug-likeness (QED) is 0.669. The van der Waals surface area contributed by atoms with Crippen molar-refractivity contribution in [2.75, 3.05) is 0 Å². The Balaban J connectivity index is 1.84. The van der Waals surface area contributed by atoms with E-state index in [4.69, 9.17) is 0 Å². The fourth-order valence-corrected chi connectivity index (χ4v) is 8.85. The second kappa shape index (κ2) is 1.24. The number of rotatable bonds is 0. The highest BCUT2D eigenvalue weighted by atomic mass is 79.9. The molecule has 4 unspecified atom stereocenters. The lowest BCUT2D eigenvalue weighted by atomic mass is 9.20. The van der Waals surface area contributed by atoms with Crippen molar-refractivity contribution in [1.29, 1.82) is 0 Å². The maximum Gasteiger partial charge on any atom is 0.0733 e. The summed E-state index contributed by atoms with van der Waals surface area (Å²) in [6.07, 6.45) is -0.0214. The van der Waals surface area contributed by atoms with E-state index >= 15 is 0 Å². The lowest BCUT2D eigenvalue weighted by Gasteiger charge is -2.90. The van der Waals surface area contributed by atoms with Crippen molar-refractivity contribution in [3.63, 3.8) is 0 Å². The minimum Gasteiger partial charge on any atom is -0.391 e. The second-order valence-corrected chi connectivity index (χ2v) is 8.05. The van der Waals surface area contributed by atoms with Crippen LogP contribution in [-0.2, 0) is 0 Å². The molecule has 0 amide bonds. The SMILES string of the molecule is O[C@@H]1C2[C@@H]3[C@@H]4C5[C@@H]([C@H]2C53Br)C14Br.